The van der Waals surface area contributed by atoms with Crippen molar-refractivity contribution in [3.63, 3.8) is 0 Å². The number of rotatable bonds is 4. The van der Waals surface area contributed by atoms with Crippen LogP contribution in [0.2, 0.25) is 0 Å². The molecule has 0 aliphatic heterocycles. The summed E-state index contributed by atoms with van der Waals surface area (Å²) in [5.41, 5.74) is 1.99. The number of hydrogen-bond donors (Lipinski definition) is 1. The second kappa shape index (κ2) is 4.29. The van der Waals surface area contributed by atoms with Crippen LogP contribution in [0.1, 0.15) is 36.4 Å². The molecule has 1 aromatic heterocycles. The van der Waals surface area contributed by atoms with Crippen LogP contribution in [0.15, 0.2) is 23.4 Å². The van der Waals surface area contributed by atoms with Crippen molar-refractivity contribution in [3.05, 3.63) is 30.2 Å². The Morgan fingerprint density at radius 2 is 2.53 bits per heavy atom. The third-order valence-corrected chi connectivity index (χ3v) is 2.81. The van der Waals surface area contributed by atoms with Crippen LogP contribution in [-0.4, -0.2) is 11.1 Å². The summed E-state index contributed by atoms with van der Waals surface area (Å²) in [6.07, 6.45) is 6.48. The lowest BCUT2D eigenvalue weighted by Gasteiger charge is -2.23. The molecular formula is C11H14N2O2. The Morgan fingerprint density at radius 3 is 3.13 bits per heavy atom. The predicted molar refractivity (Wildman–Crippen MR) is 55.1 cm³/mol. The molecule has 0 saturated heterocycles. The first-order valence-electron chi connectivity index (χ1n) is 5.14. The van der Waals surface area contributed by atoms with Gasteiger partial charge in [0.05, 0.1) is 5.69 Å². The average Bonchev–Trinajstić information content (AvgIpc) is 2.60. The minimum Gasteiger partial charge on any atom is -0.364 e. The molecule has 1 aliphatic carbocycles. The van der Waals surface area contributed by atoms with Crippen molar-refractivity contribution in [1.29, 1.82) is 0 Å². The summed E-state index contributed by atoms with van der Waals surface area (Å²) in [6.45, 7) is 3.87. The lowest BCUT2D eigenvalue weighted by atomic mass is 9.81. The molecule has 1 aromatic rings. The van der Waals surface area contributed by atoms with E-state index in [4.69, 9.17) is 4.52 Å². The van der Waals surface area contributed by atoms with Crippen LogP contribution in [0, 0.1) is 0 Å². The number of nitrogens with zero attached hydrogens (tertiary/aromatic N) is 1. The van der Waals surface area contributed by atoms with E-state index in [1.54, 1.807) is 6.26 Å². The van der Waals surface area contributed by atoms with Crippen LogP contribution in [0.3, 0.4) is 0 Å². The van der Waals surface area contributed by atoms with Crippen LogP contribution in [0.4, 0.5) is 0 Å². The van der Waals surface area contributed by atoms with E-state index in [9.17, 15) is 4.79 Å². The fourth-order valence-corrected chi connectivity index (χ4v) is 1.67. The number of hydrogen-bond acceptors (Lipinski definition) is 3. The van der Waals surface area contributed by atoms with Crippen molar-refractivity contribution in [2.45, 2.75) is 31.7 Å². The van der Waals surface area contributed by atoms with E-state index >= 15 is 0 Å². The third kappa shape index (κ3) is 2.09. The molecule has 0 unspecified atom stereocenters. The summed E-state index contributed by atoms with van der Waals surface area (Å²) in [4.78, 5) is 11.0. The third-order valence-electron chi connectivity index (χ3n) is 2.81. The molecule has 4 heteroatoms. The van der Waals surface area contributed by atoms with Crippen molar-refractivity contribution in [2.75, 3.05) is 0 Å². The van der Waals surface area contributed by atoms with Gasteiger partial charge in [-0.2, -0.15) is 0 Å². The molecule has 1 fully saturated rings. The van der Waals surface area contributed by atoms with E-state index in [1.807, 2.05) is 0 Å². The lowest BCUT2D eigenvalue weighted by Crippen LogP contribution is -2.21. The van der Waals surface area contributed by atoms with Gasteiger partial charge in [0, 0.05) is 18.0 Å². The van der Waals surface area contributed by atoms with Crippen molar-refractivity contribution in [3.8, 4) is 0 Å². The quantitative estimate of drug-likeness (QED) is 0.763. The fraction of sp³-hybridized carbons (Fsp3) is 0.455. The average molecular weight is 206 g/mol. The highest BCUT2D eigenvalue weighted by atomic mass is 16.5. The van der Waals surface area contributed by atoms with Gasteiger partial charge in [-0.3, -0.25) is 4.79 Å². The van der Waals surface area contributed by atoms with Crippen molar-refractivity contribution < 1.29 is 9.32 Å². The van der Waals surface area contributed by atoms with Gasteiger partial charge in [0.2, 0.25) is 5.91 Å². The van der Waals surface area contributed by atoms with Gasteiger partial charge in [-0.15, -0.1) is 0 Å². The minimum atomic E-state index is -0.171. The smallest absolute Gasteiger partial charge is 0.243 e. The van der Waals surface area contributed by atoms with Crippen molar-refractivity contribution in [1.82, 2.24) is 10.5 Å². The van der Waals surface area contributed by atoms with E-state index < -0.39 is 0 Å². The van der Waals surface area contributed by atoms with Gasteiger partial charge >= 0.3 is 0 Å². The zero-order valence-electron chi connectivity index (χ0n) is 8.53. The molecule has 1 N–H and O–H groups in total. The summed E-state index contributed by atoms with van der Waals surface area (Å²) in [7, 11) is 0. The fourth-order valence-electron chi connectivity index (χ4n) is 1.67. The number of nitrogens with one attached hydrogen (secondary N) is 1. The Balaban J connectivity index is 1.98. The van der Waals surface area contributed by atoms with E-state index in [1.165, 1.54) is 25.3 Å². The highest BCUT2D eigenvalue weighted by Gasteiger charge is 2.25. The second-order valence-electron chi connectivity index (χ2n) is 3.77. The molecular weight excluding hydrogens is 192 g/mol. The van der Waals surface area contributed by atoms with Crippen molar-refractivity contribution in [2.24, 2.45) is 0 Å². The molecule has 0 radical (unpaired) electrons. The molecule has 4 nitrogen and oxygen atoms in total. The van der Waals surface area contributed by atoms with Gasteiger partial charge in [-0.25, -0.2) is 0 Å². The predicted octanol–water partition coefficient (Wildman–Crippen LogP) is 1.74. The van der Waals surface area contributed by atoms with Gasteiger partial charge in [0.15, 0.2) is 0 Å². The molecule has 0 atom stereocenters. The van der Waals surface area contributed by atoms with E-state index in [-0.39, 0.29) is 5.91 Å². The van der Waals surface area contributed by atoms with E-state index in [0.717, 1.165) is 11.3 Å². The number of amides is 1. The van der Waals surface area contributed by atoms with E-state index in [0.29, 0.717) is 12.5 Å². The standard InChI is InChI=1S/C11H14N2O2/c1-2-10(14)12-6-9-7-15-13-11(9)8-4-3-5-8/h2,7-8H,1,3-6H2,(H,12,14). The largest absolute Gasteiger partial charge is 0.364 e. The Bertz CT molecular complexity index is 366. The van der Waals surface area contributed by atoms with Gasteiger partial charge < -0.3 is 9.84 Å². The molecule has 2 rings (SSSR count). The van der Waals surface area contributed by atoms with Crippen molar-refractivity contribution >= 4 is 5.91 Å². The van der Waals surface area contributed by atoms with Crippen LogP contribution >= 0.6 is 0 Å². The Hall–Kier alpha value is -1.58. The Labute approximate surface area is 88.3 Å². The van der Waals surface area contributed by atoms with Gasteiger partial charge in [-0.1, -0.05) is 18.2 Å². The summed E-state index contributed by atoms with van der Waals surface area (Å²) >= 11 is 0. The molecule has 0 spiro atoms. The summed E-state index contributed by atoms with van der Waals surface area (Å²) in [5.74, 6) is 0.357. The highest BCUT2D eigenvalue weighted by Crippen LogP contribution is 2.36. The molecule has 1 aliphatic rings. The molecule has 1 saturated carbocycles. The number of carbonyl (C=O) groups is 1. The molecule has 1 heterocycles. The Kier molecular flexibility index (Phi) is 2.85. The summed E-state index contributed by atoms with van der Waals surface area (Å²) < 4.78 is 4.94. The summed E-state index contributed by atoms with van der Waals surface area (Å²) in [6, 6.07) is 0. The van der Waals surface area contributed by atoms with Gasteiger partial charge in [-0.05, 0) is 18.9 Å². The van der Waals surface area contributed by atoms with Gasteiger partial charge in [0.1, 0.15) is 6.26 Å². The molecule has 1 amide bonds. The molecule has 0 aromatic carbocycles. The topological polar surface area (TPSA) is 55.1 Å². The minimum absolute atomic E-state index is 0.171. The van der Waals surface area contributed by atoms with Crippen LogP contribution in [0.5, 0.6) is 0 Å². The van der Waals surface area contributed by atoms with Crippen LogP contribution < -0.4 is 5.32 Å². The van der Waals surface area contributed by atoms with Crippen LogP contribution in [-0.2, 0) is 11.3 Å². The van der Waals surface area contributed by atoms with Crippen LogP contribution in [0.25, 0.3) is 0 Å². The normalized spacial score (nSPS) is 15.7. The maximum Gasteiger partial charge on any atom is 0.243 e. The zero-order chi connectivity index (χ0) is 10.7. The SMILES string of the molecule is C=CC(=O)NCc1conc1C1CCC1. The number of aromatic nitrogens is 1. The zero-order valence-corrected chi connectivity index (χ0v) is 8.53. The monoisotopic (exact) mass is 206 g/mol. The second-order valence-corrected chi connectivity index (χ2v) is 3.77. The molecule has 80 valence electrons. The lowest BCUT2D eigenvalue weighted by molar-refractivity contribution is -0.116. The molecule has 15 heavy (non-hydrogen) atoms. The first kappa shape index (κ1) is 9.96. The maximum atomic E-state index is 11.0. The van der Waals surface area contributed by atoms with Gasteiger partial charge in [0.25, 0.3) is 0 Å². The number of carbonyl (C=O) groups excluding carboxylic acids is 1. The Morgan fingerprint density at radius 1 is 1.73 bits per heavy atom. The highest BCUT2D eigenvalue weighted by molar-refractivity contribution is 5.86. The summed E-state index contributed by atoms with van der Waals surface area (Å²) in [5, 5.41) is 6.71. The first-order valence-corrected chi connectivity index (χ1v) is 5.14. The molecule has 0 bridgehead atoms. The maximum absolute atomic E-state index is 11.0. The first-order chi connectivity index (χ1) is 7.31. The van der Waals surface area contributed by atoms with E-state index in [2.05, 4.69) is 17.1 Å².